The van der Waals surface area contributed by atoms with Crippen molar-refractivity contribution in [3.8, 4) is 0 Å². The number of anilines is 2. The molecule has 3 aromatic rings. The SMILES string of the molecule is CCC(C)c1ccc(NC(=N)N(C)c2ccc3cccc4c3c2C=C4)cc1. The summed E-state index contributed by atoms with van der Waals surface area (Å²) in [6, 6.07) is 19.0. The topological polar surface area (TPSA) is 39.1 Å². The van der Waals surface area contributed by atoms with E-state index in [9.17, 15) is 0 Å². The van der Waals surface area contributed by atoms with Crippen molar-refractivity contribution >= 4 is 40.3 Å². The minimum atomic E-state index is 0.361. The first kappa shape index (κ1) is 17.3. The summed E-state index contributed by atoms with van der Waals surface area (Å²) in [5.41, 5.74) is 5.75. The van der Waals surface area contributed by atoms with Crippen molar-refractivity contribution in [1.29, 1.82) is 5.41 Å². The zero-order valence-electron chi connectivity index (χ0n) is 16.1. The summed E-state index contributed by atoms with van der Waals surface area (Å²) in [4.78, 5) is 1.91. The highest BCUT2D eigenvalue weighted by Gasteiger charge is 2.17. The van der Waals surface area contributed by atoms with Crippen LogP contribution in [0.25, 0.3) is 22.9 Å². The standard InChI is InChI=1S/C24H25N3/c1-4-16(2)17-8-12-20(13-9-17)26-24(25)27(3)22-15-11-19-7-5-6-18-10-14-21(22)23(18)19/h5-16H,4H2,1-3H3,(H2,25,26). The number of nitrogens with zero attached hydrogens (tertiary/aromatic N) is 1. The maximum Gasteiger partial charge on any atom is 0.199 e. The lowest BCUT2D eigenvalue weighted by molar-refractivity contribution is 0.734. The predicted molar refractivity (Wildman–Crippen MR) is 118 cm³/mol. The van der Waals surface area contributed by atoms with Crippen LogP contribution in [0.1, 0.15) is 42.9 Å². The first-order valence-electron chi connectivity index (χ1n) is 9.51. The van der Waals surface area contributed by atoms with Gasteiger partial charge in [-0.1, -0.05) is 62.4 Å². The van der Waals surface area contributed by atoms with E-state index in [4.69, 9.17) is 5.41 Å². The van der Waals surface area contributed by atoms with E-state index < -0.39 is 0 Å². The lowest BCUT2D eigenvalue weighted by Crippen LogP contribution is -2.32. The molecule has 1 aliphatic rings. The molecule has 0 saturated carbocycles. The Morgan fingerprint density at radius 1 is 1.04 bits per heavy atom. The molecule has 0 radical (unpaired) electrons. The molecule has 0 spiro atoms. The molecule has 4 rings (SSSR count). The Morgan fingerprint density at radius 3 is 2.56 bits per heavy atom. The quantitative estimate of drug-likeness (QED) is 0.332. The molecule has 27 heavy (non-hydrogen) atoms. The molecule has 0 bridgehead atoms. The summed E-state index contributed by atoms with van der Waals surface area (Å²) >= 11 is 0. The van der Waals surface area contributed by atoms with E-state index in [0.29, 0.717) is 11.9 Å². The van der Waals surface area contributed by atoms with Crippen molar-refractivity contribution in [3.05, 3.63) is 71.3 Å². The Morgan fingerprint density at radius 2 is 1.81 bits per heavy atom. The van der Waals surface area contributed by atoms with Crippen LogP contribution in [0.3, 0.4) is 0 Å². The van der Waals surface area contributed by atoms with Crippen LogP contribution in [0, 0.1) is 5.41 Å². The molecule has 3 nitrogen and oxygen atoms in total. The van der Waals surface area contributed by atoms with Crippen LogP contribution in [0.15, 0.2) is 54.6 Å². The first-order chi connectivity index (χ1) is 13.1. The molecule has 1 atom stereocenters. The molecule has 136 valence electrons. The van der Waals surface area contributed by atoms with E-state index in [1.54, 1.807) is 0 Å². The average molecular weight is 355 g/mol. The summed E-state index contributed by atoms with van der Waals surface area (Å²) in [5.74, 6) is 0.920. The Labute approximate surface area is 160 Å². The summed E-state index contributed by atoms with van der Waals surface area (Å²) in [6.07, 6.45) is 5.43. The Bertz CT molecular complexity index is 1030. The third kappa shape index (κ3) is 3.10. The highest BCUT2D eigenvalue weighted by molar-refractivity contribution is 6.12. The second-order valence-electron chi connectivity index (χ2n) is 7.24. The predicted octanol–water partition coefficient (Wildman–Crippen LogP) is 6.32. The summed E-state index contributed by atoms with van der Waals surface area (Å²) in [7, 11) is 1.94. The van der Waals surface area contributed by atoms with Gasteiger partial charge >= 0.3 is 0 Å². The van der Waals surface area contributed by atoms with Crippen molar-refractivity contribution in [2.75, 3.05) is 17.3 Å². The first-order valence-corrected chi connectivity index (χ1v) is 9.51. The average Bonchev–Trinajstić information content (AvgIpc) is 3.13. The molecule has 0 aromatic heterocycles. The maximum absolute atomic E-state index is 8.53. The van der Waals surface area contributed by atoms with Crippen LogP contribution in [0.4, 0.5) is 11.4 Å². The minimum absolute atomic E-state index is 0.361. The number of benzene rings is 3. The number of nitrogens with one attached hydrogen (secondary N) is 2. The van der Waals surface area contributed by atoms with Gasteiger partial charge in [-0.05, 0) is 52.4 Å². The molecule has 2 N–H and O–H groups in total. The molecule has 3 aromatic carbocycles. The van der Waals surface area contributed by atoms with Gasteiger partial charge in [-0.15, -0.1) is 0 Å². The van der Waals surface area contributed by atoms with Crippen molar-refractivity contribution in [2.24, 2.45) is 0 Å². The smallest absolute Gasteiger partial charge is 0.199 e. The maximum atomic E-state index is 8.53. The zero-order chi connectivity index (χ0) is 19.0. The third-order valence-electron chi connectivity index (χ3n) is 5.58. The number of guanidine groups is 1. The molecule has 0 aliphatic heterocycles. The van der Waals surface area contributed by atoms with Gasteiger partial charge in [-0.2, -0.15) is 0 Å². The second-order valence-corrected chi connectivity index (χ2v) is 7.24. The van der Waals surface area contributed by atoms with Gasteiger partial charge in [0.05, 0.1) is 5.69 Å². The van der Waals surface area contributed by atoms with Crippen LogP contribution in [0.5, 0.6) is 0 Å². The molecule has 0 amide bonds. The molecule has 3 heteroatoms. The van der Waals surface area contributed by atoms with Gasteiger partial charge in [-0.25, -0.2) is 0 Å². The van der Waals surface area contributed by atoms with Crippen molar-refractivity contribution in [3.63, 3.8) is 0 Å². The molecule has 0 fully saturated rings. The van der Waals surface area contributed by atoms with Crippen molar-refractivity contribution in [1.82, 2.24) is 0 Å². The third-order valence-corrected chi connectivity index (χ3v) is 5.58. The lowest BCUT2D eigenvalue weighted by Gasteiger charge is -2.23. The van der Waals surface area contributed by atoms with Crippen molar-refractivity contribution in [2.45, 2.75) is 26.2 Å². The van der Waals surface area contributed by atoms with Crippen LogP contribution >= 0.6 is 0 Å². The van der Waals surface area contributed by atoms with Gasteiger partial charge in [0.2, 0.25) is 0 Å². The van der Waals surface area contributed by atoms with Gasteiger partial charge in [0.15, 0.2) is 5.96 Å². The normalized spacial score (nSPS) is 13.0. The van der Waals surface area contributed by atoms with Gasteiger partial charge < -0.3 is 10.2 Å². The van der Waals surface area contributed by atoms with E-state index >= 15 is 0 Å². The highest BCUT2D eigenvalue weighted by atomic mass is 15.3. The van der Waals surface area contributed by atoms with E-state index in [1.165, 1.54) is 27.5 Å². The van der Waals surface area contributed by atoms with Gasteiger partial charge in [0.1, 0.15) is 0 Å². The fourth-order valence-electron chi connectivity index (χ4n) is 3.67. The van der Waals surface area contributed by atoms with Gasteiger partial charge in [-0.3, -0.25) is 5.41 Å². The molecule has 0 saturated heterocycles. The molecular weight excluding hydrogens is 330 g/mol. The highest BCUT2D eigenvalue weighted by Crippen LogP contribution is 2.37. The van der Waals surface area contributed by atoms with Crippen molar-refractivity contribution < 1.29 is 0 Å². The Balaban J connectivity index is 1.57. The van der Waals surface area contributed by atoms with E-state index in [-0.39, 0.29) is 0 Å². The monoisotopic (exact) mass is 355 g/mol. The fraction of sp³-hybridized carbons (Fsp3) is 0.208. The number of rotatable bonds is 4. The van der Waals surface area contributed by atoms with Crippen LogP contribution in [0.2, 0.25) is 0 Å². The minimum Gasteiger partial charge on any atom is -0.326 e. The molecule has 1 unspecified atom stereocenters. The van der Waals surface area contributed by atoms with Crippen LogP contribution in [-0.2, 0) is 0 Å². The largest absolute Gasteiger partial charge is 0.326 e. The summed E-state index contributed by atoms with van der Waals surface area (Å²) in [5, 5.41) is 14.3. The number of hydrogen-bond donors (Lipinski definition) is 2. The molecular formula is C24H25N3. The molecule has 1 aliphatic carbocycles. The Kier molecular flexibility index (Phi) is 4.44. The van der Waals surface area contributed by atoms with Gasteiger partial charge in [0, 0.05) is 18.3 Å². The summed E-state index contributed by atoms with van der Waals surface area (Å²) < 4.78 is 0. The van der Waals surface area contributed by atoms with E-state index in [1.807, 2.05) is 11.9 Å². The van der Waals surface area contributed by atoms with E-state index in [2.05, 4.69) is 85.9 Å². The molecule has 0 heterocycles. The number of hydrogen-bond acceptors (Lipinski definition) is 1. The van der Waals surface area contributed by atoms with Crippen LogP contribution < -0.4 is 10.2 Å². The lowest BCUT2D eigenvalue weighted by atomic mass is 9.99. The second kappa shape index (κ2) is 6.92. The zero-order valence-corrected chi connectivity index (χ0v) is 16.1. The van der Waals surface area contributed by atoms with Crippen LogP contribution in [-0.4, -0.2) is 13.0 Å². The Hall–Kier alpha value is -3.07. The van der Waals surface area contributed by atoms with E-state index in [0.717, 1.165) is 17.8 Å². The fourth-order valence-corrected chi connectivity index (χ4v) is 3.67. The summed E-state index contributed by atoms with van der Waals surface area (Å²) in [6.45, 7) is 4.44. The van der Waals surface area contributed by atoms with Gasteiger partial charge in [0.25, 0.3) is 0 Å².